The molecule has 1 aliphatic carbocycles. The number of benzene rings is 1. The molecule has 2 nitrogen and oxygen atoms in total. The third-order valence-electron chi connectivity index (χ3n) is 5.14. The summed E-state index contributed by atoms with van der Waals surface area (Å²) in [5.41, 5.74) is 5.82. The molecule has 25 heavy (non-hydrogen) atoms. The van der Waals surface area contributed by atoms with Crippen molar-refractivity contribution in [1.82, 2.24) is 0 Å². The molecule has 2 aliphatic rings. The van der Waals surface area contributed by atoms with Crippen LogP contribution in [0.2, 0.25) is 0 Å². The molecule has 2 heteroatoms. The number of carbonyl (C=O) groups excluding carboxylic acids is 1. The molecular weight excluding hydrogens is 308 g/mol. The first kappa shape index (κ1) is 17.5. The van der Waals surface area contributed by atoms with E-state index in [4.69, 9.17) is 4.74 Å². The van der Waals surface area contributed by atoms with Gasteiger partial charge in [0.15, 0.2) is 5.78 Å². The van der Waals surface area contributed by atoms with Crippen LogP contribution in [0, 0.1) is 12.8 Å². The number of carbonyl (C=O) groups is 1. The molecule has 0 spiro atoms. The highest BCUT2D eigenvalue weighted by Crippen LogP contribution is 2.39. The van der Waals surface area contributed by atoms with E-state index in [-0.39, 0.29) is 11.7 Å². The minimum Gasteiger partial charge on any atom is -0.492 e. The molecule has 1 heterocycles. The largest absolute Gasteiger partial charge is 0.492 e. The molecule has 0 amide bonds. The van der Waals surface area contributed by atoms with Crippen molar-refractivity contribution >= 4 is 11.5 Å². The number of ether oxygens (including phenoxy) is 1. The SMILES string of the molecule is C=CCC1=C(CC2=C(c3ccc(C)cc3)OCC2C=C)CCCC1=O. The summed E-state index contributed by atoms with van der Waals surface area (Å²) in [6.07, 6.45) is 7.87. The van der Waals surface area contributed by atoms with E-state index in [1.54, 1.807) is 0 Å². The summed E-state index contributed by atoms with van der Waals surface area (Å²) in [5.74, 6) is 1.46. The van der Waals surface area contributed by atoms with Crippen molar-refractivity contribution in [3.8, 4) is 0 Å². The van der Waals surface area contributed by atoms with Crippen molar-refractivity contribution in [1.29, 1.82) is 0 Å². The van der Waals surface area contributed by atoms with Gasteiger partial charge in [-0.2, -0.15) is 0 Å². The summed E-state index contributed by atoms with van der Waals surface area (Å²) in [5, 5.41) is 0. The second kappa shape index (κ2) is 7.69. The van der Waals surface area contributed by atoms with Crippen LogP contribution >= 0.6 is 0 Å². The minimum atomic E-state index is 0.214. The van der Waals surface area contributed by atoms with Crippen molar-refractivity contribution in [3.63, 3.8) is 0 Å². The molecule has 0 N–H and O–H groups in total. The standard InChI is InChI=1S/C23H26O2/c1-4-7-20-19(8-6-9-22(20)24)14-21-17(5-2)15-25-23(21)18-12-10-16(3)11-13-18/h4-5,10-13,17H,1-2,6-9,14-15H2,3H3. The number of hydrogen-bond acceptors (Lipinski definition) is 2. The highest BCUT2D eigenvalue weighted by Gasteiger charge is 2.29. The van der Waals surface area contributed by atoms with Crippen molar-refractivity contribution in [2.45, 2.75) is 39.0 Å². The molecule has 0 saturated heterocycles. The Morgan fingerprint density at radius 3 is 2.64 bits per heavy atom. The van der Waals surface area contributed by atoms with E-state index in [1.165, 1.54) is 16.7 Å². The van der Waals surface area contributed by atoms with Gasteiger partial charge in [-0.25, -0.2) is 0 Å². The molecule has 1 aliphatic heterocycles. The van der Waals surface area contributed by atoms with E-state index in [9.17, 15) is 4.79 Å². The first-order valence-corrected chi connectivity index (χ1v) is 9.04. The van der Waals surface area contributed by atoms with Crippen LogP contribution in [0.15, 0.2) is 66.3 Å². The molecular formula is C23H26O2. The van der Waals surface area contributed by atoms with E-state index >= 15 is 0 Å². The first-order valence-electron chi connectivity index (χ1n) is 9.04. The fourth-order valence-corrected chi connectivity index (χ4v) is 3.72. The van der Waals surface area contributed by atoms with Gasteiger partial charge in [0, 0.05) is 17.9 Å². The molecule has 1 aromatic carbocycles. The summed E-state index contributed by atoms with van der Waals surface area (Å²) in [6.45, 7) is 10.5. The maximum Gasteiger partial charge on any atom is 0.159 e. The zero-order valence-electron chi connectivity index (χ0n) is 15.0. The average Bonchev–Trinajstić information content (AvgIpc) is 3.01. The summed E-state index contributed by atoms with van der Waals surface area (Å²) in [4.78, 5) is 12.3. The fraction of sp³-hybridized carbons (Fsp3) is 0.348. The lowest BCUT2D eigenvalue weighted by atomic mass is 9.82. The van der Waals surface area contributed by atoms with Crippen molar-refractivity contribution in [3.05, 3.63) is 77.4 Å². The van der Waals surface area contributed by atoms with Crippen LogP contribution in [0.25, 0.3) is 5.76 Å². The molecule has 0 fully saturated rings. The molecule has 1 aromatic rings. The zero-order valence-corrected chi connectivity index (χ0v) is 15.0. The highest BCUT2D eigenvalue weighted by molar-refractivity contribution is 5.97. The fourth-order valence-electron chi connectivity index (χ4n) is 3.72. The lowest BCUT2D eigenvalue weighted by Gasteiger charge is -2.20. The Morgan fingerprint density at radius 2 is 1.96 bits per heavy atom. The molecule has 0 bridgehead atoms. The van der Waals surface area contributed by atoms with Gasteiger partial charge in [0.1, 0.15) is 5.76 Å². The third kappa shape index (κ3) is 3.68. The number of ketones is 1. The normalized spacial score (nSPS) is 20.7. The van der Waals surface area contributed by atoms with Gasteiger partial charge in [-0.15, -0.1) is 13.2 Å². The second-order valence-electron chi connectivity index (χ2n) is 6.90. The molecule has 0 radical (unpaired) electrons. The predicted octanol–water partition coefficient (Wildman–Crippen LogP) is 5.55. The van der Waals surface area contributed by atoms with Crippen LogP contribution in [0.3, 0.4) is 0 Å². The van der Waals surface area contributed by atoms with Gasteiger partial charge >= 0.3 is 0 Å². The van der Waals surface area contributed by atoms with Gasteiger partial charge in [0.2, 0.25) is 0 Å². The monoisotopic (exact) mass is 334 g/mol. The Kier molecular flexibility index (Phi) is 5.37. The van der Waals surface area contributed by atoms with E-state index in [2.05, 4.69) is 44.3 Å². The molecule has 130 valence electrons. The van der Waals surface area contributed by atoms with E-state index in [0.29, 0.717) is 19.4 Å². The van der Waals surface area contributed by atoms with Crippen molar-refractivity contribution in [2.24, 2.45) is 5.92 Å². The quantitative estimate of drug-likeness (QED) is 0.637. The number of Topliss-reactive ketones (excluding diaryl/α,β-unsaturated/α-hetero) is 1. The molecule has 0 saturated carbocycles. The molecule has 1 atom stereocenters. The van der Waals surface area contributed by atoms with Gasteiger partial charge in [-0.05, 0) is 43.8 Å². The van der Waals surface area contributed by atoms with Crippen LogP contribution in [-0.4, -0.2) is 12.4 Å². The van der Waals surface area contributed by atoms with E-state index in [0.717, 1.165) is 36.2 Å². The Balaban J connectivity index is 2.00. The summed E-state index contributed by atoms with van der Waals surface area (Å²) in [7, 11) is 0. The van der Waals surface area contributed by atoms with Crippen LogP contribution in [0.4, 0.5) is 0 Å². The van der Waals surface area contributed by atoms with Crippen LogP contribution in [0.1, 0.15) is 43.2 Å². The van der Waals surface area contributed by atoms with Crippen LogP contribution in [-0.2, 0) is 9.53 Å². The van der Waals surface area contributed by atoms with Gasteiger partial charge in [0.25, 0.3) is 0 Å². The van der Waals surface area contributed by atoms with Crippen molar-refractivity contribution < 1.29 is 9.53 Å². The number of aryl methyl sites for hydroxylation is 1. The van der Waals surface area contributed by atoms with Crippen LogP contribution < -0.4 is 0 Å². The topological polar surface area (TPSA) is 26.3 Å². The highest BCUT2D eigenvalue weighted by atomic mass is 16.5. The Labute approximate surface area is 150 Å². The van der Waals surface area contributed by atoms with E-state index < -0.39 is 0 Å². The second-order valence-corrected chi connectivity index (χ2v) is 6.90. The number of hydrogen-bond donors (Lipinski definition) is 0. The Bertz CT molecular complexity index is 747. The Morgan fingerprint density at radius 1 is 1.20 bits per heavy atom. The third-order valence-corrected chi connectivity index (χ3v) is 5.14. The number of allylic oxidation sites excluding steroid dienone is 3. The number of rotatable bonds is 6. The lowest BCUT2D eigenvalue weighted by Crippen LogP contribution is -2.13. The maximum absolute atomic E-state index is 12.3. The summed E-state index contributed by atoms with van der Waals surface area (Å²) >= 11 is 0. The molecule has 3 rings (SSSR count). The first-order chi connectivity index (χ1) is 12.1. The molecule has 1 unspecified atom stereocenters. The molecule has 0 aromatic heterocycles. The van der Waals surface area contributed by atoms with Gasteiger partial charge < -0.3 is 4.74 Å². The van der Waals surface area contributed by atoms with Gasteiger partial charge in [-0.3, -0.25) is 4.79 Å². The zero-order chi connectivity index (χ0) is 17.8. The minimum absolute atomic E-state index is 0.214. The van der Waals surface area contributed by atoms with Gasteiger partial charge in [-0.1, -0.05) is 47.6 Å². The smallest absolute Gasteiger partial charge is 0.159 e. The summed E-state index contributed by atoms with van der Waals surface area (Å²) in [6, 6.07) is 8.44. The van der Waals surface area contributed by atoms with Crippen LogP contribution in [0.5, 0.6) is 0 Å². The van der Waals surface area contributed by atoms with Crippen molar-refractivity contribution in [2.75, 3.05) is 6.61 Å². The lowest BCUT2D eigenvalue weighted by molar-refractivity contribution is -0.116. The van der Waals surface area contributed by atoms with Gasteiger partial charge in [0.05, 0.1) is 6.61 Å². The summed E-state index contributed by atoms with van der Waals surface area (Å²) < 4.78 is 6.04. The Hall–Kier alpha value is -2.35. The van der Waals surface area contributed by atoms with E-state index in [1.807, 2.05) is 12.2 Å². The maximum atomic E-state index is 12.3. The average molecular weight is 334 g/mol. The predicted molar refractivity (Wildman–Crippen MR) is 103 cm³/mol.